The molecule has 0 fully saturated rings. The number of hydrogen-bond donors (Lipinski definition) is 4. The molecule has 4 N–H and O–H groups in total. The second-order valence-electron chi connectivity index (χ2n) is 7.39. The van der Waals surface area contributed by atoms with Crippen LogP contribution in [0.25, 0.3) is 10.9 Å². The van der Waals surface area contributed by atoms with Gasteiger partial charge in [-0.05, 0) is 36.4 Å². The minimum absolute atomic E-state index is 0.0202. The van der Waals surface area contributed by atoms with Crippen molar-refractivity contribution >= 4 is 66.7 Å². The van der Waals surface area contributed by atoms with Crippen molar-refractivity contribution in [2.75, 3.05) is 35.0 Å². The van der Waals surface area contributed by atoms with Crippen molar-refractivity contribution in [3.05, 3.63) is 59.5 Å². The second-order valence-corrected chi connectivity index (χ2v) is 10.1. The van der Waals surface area contributed by atoms with Crippen molar-refractivity contribution in [2.24, 2.45) is 0 Å². The summed E-state index contributed by atoms with van der Waals surface area (Å²) >= 11 is 7.05. The van der Waals surface area contributed by atoms with Crippen molar-refractivity contribution in [1.29, 1.82) is 0 Å². The average molecular weight is 535 g/mol. The van der Waals surface area contributed by atoms with Crippen molar-refractivity contribution in [2.45, 2.75) is 13.3 Å². The molecule has 2 aromatic carbocycles. The zero-order valence-electron chi connectivity index (χ0n) is 18.7. The van der Waals surface area contributed by atoms with Gasteiger partial charge in [-0.15, -0.1) is 4.09 Å². The quantitative estimate of drug-likeness (QED) is 0.215. The molecule has 0 radical (unpaired) electrons. The predicted octanol–water partition coefficient (Wildman–Crippen LogP) is 2.95. The van der Waals surface area contributed by atoms with Crippen LogP contribution in [0.3, 0.4) is 0 Å². The van der Waals surface area contributed by atoms with E-state index in [-0.39, 0.29) is 17.5 Å². The molecule has 2 heterocycles. The summed E-state index contributed by atoms with van der Waals surface area (Å²) in [5, 5.41) is 14.7. The molecule has 0 spiro atoms. The number of nitrogens with zero attached hydrogens (tertiary/aromatic N) is 4. The first-order valence-electron chi connectivity index (χ1n) is 10.7. The van der Waals surface area contributed by atoms with Crippen LogP contribution in [0.15, 0.2) is 48.9 Å². The number of halogens is 1. The van der Waals surface area contributed by atoms with Gasteiger partial charge in [0.15, 0.2) is 0 Å². The van der Waals surface area contributed by atoms with Crippen LogP contribution in [0.5, 0.6) is 0 Å². The minimum atomic E-state index is -4.05. The number of carbonyl (C=O) groups excluding carboxylic acids is 1. The SMILES string of the molecule is CCNCCNc1cc(Cl)ccc1NC(=O)Cc1cccc2c1cnn2S(=O)(=O)Nc1ncns1. The van der Waals surface area contributed by atoms with Crippen LogP contribution in [0, 0.1) is 0 Å². The lowest BCUT2D eigenvalue weighted by molar-refractivity contribution is -0.115. The van der Waals surface area contributed by atoms with Crippen molar-refractivity contribution in [3.8, 4) is 0 Å². The number of anilines is 3. The molecule has 0 saturated heterocycles. The molecule has 4 rings (SSSR count). The number of likely N-dealkylation sites (N-methyl/N-ethyl adjacent to an activating group) is 1. The number of benzene rings is 2. The van der Waals surface area contributed by atoms with E-state index in [4.69, 9.17) is 11.6 Å². The van der Waals surface area contributed by atoms with E-state index >= 15 is 0 Å². The fourth-order valence-corrected chi connectivity index (χ4v) is 5.28. The highest BCUT2D eigenvalue weighted by molar-refractivity contribution is 7.91. The van der Waals surface area contributed by atoms with E-state index in [2.05, 4.69) is 35.1 Å². The fraction of sp³-hybridized carbons (Fsp3) is 0.238. The van der Waals surface area contributed by atoms with Gasteiger partial charge in [0.1, 0.15) is 6.33 Å². The third-order valence-electron chi connectivity index (χ3n) is 4.95. The maximum Gasteiger partial charge on any atom is 0.345 e. The number of carbonyl (C=O) groups is 1. The van der Waals surface area contributed by atoms with E-state index < -0.39 is 10.2 Å². The molecular weight excluding hydrogens is 512 g/mol. The van der Waals surface area contributed by atoms with Gasteiger partial charge < -0.3 is 16.0 Å². The summed E-state index contributed by atoms with van der Waals surface area (Å²) in [4.78, 5) is 16.7. The Morgan fingerprint density at radius 2 is 2.03 bits per heavy atom. The molecular formula is C21H23ClN8O3S2. The van der Waals surface area contributed by atoms with Crippen LogP contribution >= 0.6 is 23.1 Å². The average Bonchev–Trinajstić information content (AvgIpc) is 3.49. The van der Waals surface area contributed by atoms with Gasteiger partial charge >= 0.3 is 10.2 Å². The fourth-order valence-electron chi connectivity index (χ4n) is 3.41. The van der Waals surface area contributed by atoms with E-state index in [0.717, 1.165) is 28.7 Å². The van der Waals surface area contributed by atoms with Crippen LogP contribution < -0.4 is 20.7 Å². The van der Waals surface area contributed by atoms with Gasteiger partial charge in [0, 0.05) is 35.0 Å². The molecule has 4 aromatic rings. The summed E-state index contributed by atoms with van der Waals surface area (Å²) in [6.45, 7) is 4.32. The Kier molecular flexibility index (Phi) is 7.80. The summed E-state index contributed by atoms with van der Waals surface area (Å²) in [6.07, 6.45) is 2.70. The molecule has 0 aliphatic heterocycles. The maximum absolute atomic E-state index is 12.9. The van der Waals surface area contributed by atoms with E-state index in [0.29, 0.717) is 39.4 Å². The predicted molar refractivity (Wildman–Crippen MR) is 138 cm³/mol. The first-order valence-corrected chi connectivity index (χ1v) is 13.3. The van der Waals surface area contributed by atoms with Crippen LogP contribution in [0.4, 0.5) is 16.5 Å². The summed E-state index contributed by atoms with van der Waals surface area (Å²) in [7, 11) is -4.05. The third-order valence-corrected chi connectivity index (χ3v) is 7.09. The zero-order chi connectivity index (χ0) is 24.8. The lowest BCUT2D eigenvalue weighted by Gasteiger charge is -2.14. The Labute approximate surface area is 211 Å². The highest BCUT2D eigenvalue weighted by Crippen LogP contribution is 2.27. The Morgan fingerprint density at radius 3 is 2.80 bits per heavy atom. The summed E-state index contributed by atoms with van der Waals surface area (Å²) in [6, 6.07) is 10.3. The number of fused-ring (bicyclic) bond motifs is 1. The molecule has 184 valence electrons. The molecule has 14 heteroatoms. The Morgan fingerprint density at radius 1 is 1.17 bits per heavy atom. The molecule has 35 heavy (non-hydrogen) atoms. The van der Waals surface area contributed by atoms with Gasteiger partial charge in [0.25, 0.3) is 0 Å². The minimum Gasteiger partial charge on any atom is -0.382 e. The van der Waals surface area contributed by atoms with Crippen molar-refractivity contribution in [3.63, 3.8) is 0 Å². The standard InChI is InChI=1S/C21H23ClN8O3S2/c1-2-23-8-9-24-18-11-15(22)6-7-17(18)28-20(31)10-14-4-3-5-19-16(14)12-26-30(19)35(32,33)29-21-25-13-27-34-21/h3-7,11-13,23-24H,2,8-10H2,1H3,(H,28,31)(H,25,27,29). The molecule has 0 bridgehead atoms. The van der Waals surface area contributed by atoms with Gasteiger partial charge in [0.2, 0.25) is 11.0 Å². The van der Waals surface area contributed by atoms with Crippen molar-refractivity contribution < 1.29 is 13.2 Å². The smallest absolute Gasteiger partial charge is 0.345 e. The lowest BCUT2D eigenvalue weighted by atomic mass is 10.1. The van der Waals surface area contributed by atoms with Crippen LogP contribution in [0.1, 0.15) is 12.5 Å². The molecule has 0 saturated carbocycles. The molecule has 11 nitrogen and oxygen atoms in total. The highest BCUT2D eigenvalue weighted by Gasteiger charge is 2.20. The third kappa shape index (κ3) is 6.06. The Hall–Kier alpha value is -3.26. The number of amides is 1. The van der Waals surface area contributed by atoms with Gasteiger partial charge in [-0.3, -0.25) is 4.79 Å². The molecule has 1 amide bonds. The van der Waals surface area contributed by atoms with E-state index in [1.54, 1.807) is 36.4 Å². The summed E-state index contributed by atoms with van der Waals surface area (Å²) in [5.41, 5.74) is 2.28. The normalized spacial score (nSPS) is 11.5. The molecule has 0 unspecified atom stereocenters. The summed E-state index contributed by atoms with van der Waals surface area (Å²) < 4.78 is 32.5. The van der Waals surface area contributed by atoms with Gasteiger partial charge in [-0.25, -0.2) is 9.71 Å². The zero-order valence-corrected chi connectivity index (χ0v) is 21.0. The molecule has 0 aliphatic rings. The topological polar surface area (TPSA) is 143 Å². The van der Waals surface area contributed by atoms with E-state index in [9.17, 15) is 13.2 Å². The van der Waals surface area contributed by atoms with Crippen LogP contribution in [0.2, 0.25) is 5.02 Å². The molecule has 0 atom stereocenters. The highest BCUT2D eigenvalue weighted by atomic mass is 35.5. The van der Waals surface area contributed by atoms with E-state index in [1.165, 1.54) is 12.5 Å². The number of nitrogens with one attached hydrogen (secondary N) is 4. The van der Waals surface area contributed by atoms with E-state index in [1.807, 2.05) is 6.92 Å². The lowest BCUT2D eigenvalue weighted by Crippen LogP contribution is -2.22. The first kappa shape index (κ1) is 24.9. The van der Waals surface area contributed by atoms with Gasteiger partial charge in [-0.1, -0.05) is 30.7 Å². The first-order chi connectivity index (χ1) is 16.9. The summed E-state index contributed by atoms with van der Waals surface area (Å²) in [5.74, 6) is -0.267. The number of aromatic nitrogens is 4. The number of rotatable bonds is 11. The van der Waals surface area contributed by atoms with Crippen molar-refractivity contribution in [1.82, 2.24) is 23.9 Å². The number of hydrogen-bond acceptors (Lipinski definition) is 9. The molecule has 0 aliphatic carbocycles. The second kappa shape index (κ2) is 11.0. The van der Waals surface area contributed by atoms with Crippen LogP contribution in [-0.2, 0) is 21.4 Å². The van der Waals surface area contributed by atoms with Crippen LogP contribution in [-0.4, -0.2) is 52.5 Å². The molecule has 2 aromatic heterocycles. The Bertz CT molecular complexity index is 1420. The maximum atomic E-state index is 12.9. The monoisotopic (exact) mass is 534 g/mol. The van der Waals surface area contributed by atoms with Gasteiger partial charge in [0.05, 0.1) is 29.5 Å². The Balaban J connectivity index is 1.51. The largest absolute Gasteiger partial charge is 0.382 e. The van der Waals surface area contributed by atoms with Gasteiger partial charge in [-0.2, -0.15) is 17.9 Å².